The minimum Gasteiger partial charge on any atom is -0.381 e. The summed E-state index contributed by atoms with van der Waals surface area (Å²) >= 11 is 11.5. The fraction of sp³-hybridized carbons (Fsp3) is 0.556. The van der Waals surface area contributed by atoms with Crippen molar-refractivity contribution in [2.75, 3.05) is 13.2 Å². The third-order valence-corrected chi connectivity index (χ3v) is 2.94. The number of aromatic nitrogens is 2. The van der Waals surface area contributed by atoms with E-state index in [1.165, 1.54) is 0 Å². The lowest BCUT2D eigenvalue weighted by Gasteiger charge is -2.05. The summed E-state index contributed by atoms with van der Waals surface area (Å²) in [5.74, 6) is 0.543. The minimum atomic E-state index is 0.262. The lowest BCUT2D eigenvalue weighted by atomic mass is 10.0. The summed E-state index contributed by atoms with van der Waals surface area (Å²) in [5.41, 5.74) is 0.884. The van der Waals surface area contributed by atoms with Gasteiger partial charge in [-0.2, -0.15) is 5.10 Å². The van der Waals surface area contributed by atoms with Crippen molar-refractivity contribution in [3.8, 4) is 0 Å². The molecule has 5 heteroatoms. The summed E-state index contributed by atoms with van der Waals surface area (Å²) in [6, 6.07) is 1.77. The Morgan fingerprint density at radius 2 is 2.29 bits per heavy atom. The molecule has 0 radical (unpaired) electrons. The molecule has 0 aliphatic carbocycles. The second-order valence-corrected chi connectivity index (χ2v) is 4.17. The van der Waals surface area contributed by atoms with E-state index in [0.29, 0.717) is 10.9 Å². The number of hydrogen-bond acceptors (Lipinski definition) is 3. The molecule has 1 aliphatic rings. The molecule has 2 heterocycles. The molecular formula is C9H10Cl2N2O. The lowest BCUT2D eigenvalue weighted by molar-refractivity contribution is 0.185. The fourth-order valence-corrected chi connectivity index (χ4v) is 1.79. The molecular weight excluding hydrogens is 223 g/mol. The van der Waals surface area contributed by atoms with E-state index in [2.05, 4.69) is 10.2 Å². The average molecular weight is 233 g/mol. The van der Waals surface area contributed by atoms with Crippen LogP contribution in [0, 0.1) is 5.92 Å². The van der Waals surface area contributed by atoms with Crippen molar-refractivity contribution in [2.45, 2.75) is 12.8 Å². The van der Waals surface area contributed by atoms with Crippen LogP contribution < -0.4 is 0 Å². The largest absolute Gasteiger partial charge is 0.381 e. The van der Waals surface area contributed by atoms with Gasteiger partial charge in [0.2, 0.25) is 0 Å². The average Bonchev–Trinajstić information content (AvgIpc) is 2.64. The summed E-state index contributed by atoms with van der Waals surface area (Å²) in [4.78, 5) is 0. The number of ether oxygens (including phenoxy) is 1. The minimum absolute atomic E-state index is 0.262. The van der Waals surface area contributed by atoms with E-state index in [4.69, 9.17) is 27.9 Å². The number of nitrogens with zero attached hydrogens (tertiary/aromatic N) is 2. The van der Waals surface area contributed by atoms with Crippen molar-refractivity contribution >= 4 is 23.2 Å². The zero-order valence-corrected chi connectivity index (χ0v) is 9.05. The molecule has 0 saturated carbocycles. The second kappa shape index (κ2) is 4.43. The number of rotatable bonds is 2. The molecule has 0 N–H and O–H groups in total. The zero-order chi connectivity index (χ0) is 9.97. The lowest BCUT2D eigenvalue weighted by Crippen LogP contribution is -2.06. The highest BCUT2D eigenvalue weighted by Crippen LogP contribution is 2.22. The van der Waals surface area contributed by atoms with Crippen molar-refractivity contribution in [3.63, 3.8) is 0 Å². The summed E-state index contributed by atoms with van der Waals surface area (Å²) in [5, 5.41) is 8.47. The first-order valence-corrected chi connectivity index (χ1v) is 5.26. The second-order valence-electron chi connectivity index (χ2n) is 3.41. The Hall–Kier alpha value is -0.380. The van der Waals surface area contributed by atoms with Gasteiger partial charge in [-0.15, -0.1) is 5.10 Å². The van der Waals surface area contributed by atoms with E-state index in [9.17, 15) is 0 Å². The van der Waals surface area contributed by atoms with Crippen molar-refractivity contribution in [3.05, 3.63) is 21.9 Å². The maximum Gasteiger partial charge on any atom is 0.170 e. The Labute approximate surface area is 92.4 Å². The first kappa shape index (κ1) is 10.1. The Morgan fingerprint density at radius 3 is 2.93 bits per heavy atom. The maximum atomic E-state index is 5.83. The van der Waals surface area contributed by atoms with Gasteiger partial charge in [-0.05, 0) is 24.8 Å². The number of hydrogen-bond donors (Lipinski definition) is 0. The van der Waals surface area contributed by atoms with Crippen LogP contribution in [0.1, 0.15) is 12.1 Å². The molecule has 1 aromatic rings. The van der Waals surface area contributed by atoms with Gasteiger partial charge in [0.15, 0.2) is 5.15 Å². The van der Waals surface area contributed by atoms with Gasteiger partial charge in [-0.25, -0.2) is 0 Å². The fourth-order valence-electron chi connectivity index (χ4n) is 1.53. The molecule has 1 unspecified atom stereocenters. The summed E-state index contributed by atoms with van der Waals surface area (Å²) in [7, 11) is 0. The smallest absolute Gasteiger partial charge is 0.170 e. The normalized spacial score (nSPS) is 21.4. The van der Waals surface area contributed by atoms with Gasteiger partial charge in [0.05, 0.1) is 10.7 Å². The maximum absolute atomic E-state index is 5.83. The van der Waals surface area contributed by atoms with Crippen molar-refractivity contribution in [2.24, 2.45) is 5.92 Å². The van der Waals surface area contributed by atoms with Crippen LogP contribution >= 0.6 is 23.2 Å². The standard InChI is InChI=1S/C9H10Cl2N2O/c10-8-4-7(12-13-9(8)11)3-6-1-2-14-5-6/h4,6H,1-3,5H2. The van der Waals surface area contributed by atoms with Crippen LogP contribution in [0.3, 0.4) is 0 Å². The molecule has 14 heavy (non-hydrogen) atoms. The van der Waals surface area contributed by atoms with E-state index in [0.717, 1.165) is 31.7 Å². The van der Waals surface area contributed by atoms with Crippen LogP contribution in [0.5, 0.6) is 0 Å². The predicted octanol–water partition coefficient (Wildman–Crippen LogP) is 2.36. The molecule has 1 aliphatic heterocycles. The van der Waals surface area contributed by atoms with Crippen LogP contribution in [0.25, 0.3) is 0 Å². The molecule has 1 atom stereocenters. The van der Waals surface area contributed by atoms with Gasteiger partial charge in [-0.1, -0.05) is 23.2 Å². The van der Waals surface area contributed by atoms with Crippen molar-refractivity contribution in [1.82, 2.24) is 10.2 Å². The molecule has 0 aromatic carbocycles. The topological polar surface area (TPSA) is 35.0 Å². The van der Waals surface area contributed by atoms with Gasteiger partial charge in [0, 0.05) is 13.2 Å². The van der Waals surface area contributed by atoms with E-state index in [1.54, 1.807) is 6.07 Å². The van der Waals surface area contributed by atoms with E-state index >= 15 is 0 Å². The predicted molar refractivity (Wildman–Crippen MR) is 54.7 cm³/mol. The first-order chi connectivity index (χ1) is 6.75. The van der Waals surface area contributed by atoms with Crippen LogP contribution in [0.2, 0.25) is 10.2 Å². The van der Waals surface area contributed by atoms with E-state index < -0.39 is 0 Å². The summed E-state index contributed by atoms with van der Waals surface area (Å²) < 4.78 is 5.28. The van der Waals surface area contributed by atoms with Gasteiger partial charge in [0.1, 0.15) is 0 Å². The summed E-state index contributed by atoms with van der Waals surface area (Å²) in [6.45, 7) is 1.65. The molecule has 1 aromatic heterocycles. The molecule has 76 valence electrons. The SMILES string of the molecule is Clc1cc(CC2CCOC2)nnc1Cl. The van der Waals surface area contributed by atoms with Crippen molar-refractivity contribution in [1.29, 1.82) is 0 Å². The molecule has 1 saturated heterocycles. The zero-order valence-electron chi connectivity index (χ0n) is 7.54. The third-order valence-electron chi connectivity index (χ3n) is 2.28. The Bertz CT molecular complexity index is 327. The highest BCUT2D eigenvalue weighted by Gasteiger charge is 2.17. The number of halogens is 2. The quantitative estimate of drug-likeness (QED) is 0.786. The monoisotopic (exact) mass is 232 g/mol. The van der Waals surface area contributed by atoms with Crippen LogP contribution in [-0.4, -0.2) is 23.4 Å². The molecule has 1 fully saturated rings. The van der Waals surface area contributed by atoms with Gasteiger partial charge in [0.25, 0.3) is 0 Å². The van der Waals surface area contributed by atoms with E-state index in [-0.39, 0.29) is 5.15 Å². The van der Waals surface area contributed by atoms with Gasteiger partial charge in [-0.3, -0.25) is 0 Å². The van der Waals surface area contributed by atoms with Gasteiger partial charge >= 0.3 is 0 Å². The molecule has 0 bridgehead atoms. The van der Waals surface area contributed by atoms with Crippen LogP contribution in [0.15, 0.2) is 6.07 Å². The van der Waals surface area contributed by atoms with Gasteiger partial charge < -0.3 is 4.74 Å². The third kappa shape index (κ3) is 2.35. The first-order valence-electron chi connectivity index (χ1n) is 4.51. The van der Waals surface area contributed by atoms with Crippen molar-refractivity contribution < 1.29 is 4.74 Å². The van der Waals surface area contributed by atoms with Crippen LogP contribution in [-0.2, 0) is 11.2 Å². The molecule has 2 rings (SSSR count). The Kier molecular flexibility index (Phi) is 3.21. The van der Waals surface area contributed by atoms with Crippen LogP contribution in [0.4, 0.5) is 0 Å². The molecule has 0 spiro atoms. The highest BCUT2D eigenvalue weighted by molar-refractivity contribution is 6.41. The van der Waals surface area contributed by atoms with E-state index in [1.807, 2.05) is 0 Å². The summed E-state index contributed by atoms with van der Waals surface area (Å²) in [6.07, 6.45) is 1.95. The molecule has 0 amide bonds. The Balaban J connectivity index is 2.05. The Morgan fingerprint density at radius 1 is 1.43 bits per heavy atom. The highest BCUT2D eigenvalue weighted by atomic mass is 35.5. The molecule has 3 nitrogen and oxygen atoms in total.